The smallest absolute Gasteiger partial charge is 0.0897 e. The van der Waals surface area contributed by atoms with Gasteiger partial charge < -0.3 is 5.32 Å². The van der Waals surface area contributed by atoms with Crippen molar-refractivity contribution in [3.63, 3.8) is 0 Å². The van der Waals surface area contributed by atoms with Gasteiger partial charge in [-0.05, 0) is 39.5 Å². The van der Waals surface area contributed by atoms with Crippen molar-refractivity contribution in [2.24, 2.45) is 5.41 Å². The molecule has 0 aromatic carbocycles. The molecule has 16 heavy (non-hydrogen) atoms. The molecule has 1 heterocycles. The van der Waals surface area contributed by atoms with Crippen molar-refractivity contribution in [1.82, 2.24) is 10.3 Å². The molecule has 0 saturated heterocycles. The van der Waals surface area contributed by atoms with Gasteiger partial charge in [-0.2, -0.15) is 0 Å². The van der Waals surface area contributed by atoms with E-state index in [1.54, 1.807) is 11.3 Å². The zero-order valence-electron chi connectivity index (χ0n) is 11.3. The van der Waals surface area contributed by atoms with Gasteiger partial charge in [0.2, 0.25) is 0 Å². The van der Waals surface area contributed by atoms with E-state index >= 15 is 0 Å². The van der Waals surface area contributed by atoms with Crippen LogP contribution in [0.1, 0.15) is 45.3 Å². The third-order valence-electron chi connectivity index (χ3n) is 2.42. The molecule has 0 fully saturated rings. The summed E-state index contributed by atoms with van der Waals surface area (Å²) < 4.78 is 0. The zero-order chi connectivity index (χ0) is 12.4. The van der Waals surface area contributed by atoms with Crippen LogP contribution < -0.4 is 5.32 Å². The van der Waals surface area contributed by atoms with E-state index in [-0.39, 0.29) is 11.0 Å². The normalized spacial score (nSPS) is 13.1. The molecule has 0 saturated carbocycles. The lowest BCUT2D eigenvalue weighted by Crippen LogP contribution is -2.42. The summed E-state index contributed by atoms with van der Waals surface area (Å²) in [6, 6.07) is 0. The Bertz CT molecular complexity index is 334. The molecule has 92 valence electrons. The average Bonchev–Trinajstić information content (AvgIpc) is 2.46. The maximum Gasteiger partial charge on any atom is 0.0897 e. The molecule has 0 unspecified atom stereocenters. The van der Waals surface area contributed by atoms with Gasteiger partial charge in [0.25, 0.3) is 0 Å². The van der Waals surface area contributed by atoms with Crippen LogP contribution in [-0.4, -0.2) is 17.1 Å². The first kappa shape index (κ1) is 13.7. The van der Waals surface area contributed by atoms with Crippen LogP contribution in [0.2, 0.25) is 0 Å². The number of nitrogens with one attached hydrogen (secondary N) is 1. The van der Waals surface area contributed by atoms with E-state index in [1.807, 2.05) is 0 Å². The van der Waals surface area contributed by atoms with Crippen molar-refractivity contribution in [3.8, 4) is 0 Å². The van der Waals surface area contributed by atoms with Gasteiger partial charge in [-0.3, -0.25) is 0 Å². The molecule has 1 N–H and O–H groups in total. The molecular formula is C13H24N2S. The summed E-state index contributed by atoms with van der Waals surface area (Å²) in [5, 5.41) is 6.90. The third-order valence-corrected chi connectivity index (χ3v) is 3.25. The Hall–Kier alpha value is -0.410. The molecule has 0 radical (unpaired) electrons. The molecule has 0 atom stereocenters. The van der Waals surface area contributed by atoms with Crippen LogP contribution in [0.25, 0.3) is 0 Å². The summed E-state index contributed by atoms with van der Waals surface area (Å²) in [6.45, 7) is 14.3. The fourth-order valence-corrected chi connectivity index (χ4v) is 2.16. The maximum absolute atomic E-state index is 4.53. The standard InChI is InChI=1S/C13H24N2S/c1-10-15-11(8-16-10)7-13(5,6)9-14-12(2,3)4/h8,14H,7,9H2,1-6H3. The Morgan fingerprint density at radius 3 is 2.31 bits per heavy atom. The third kappa shape index (κ3) is 5.08. The van der Waals surface area contributed by atoms with Crippen molar-refractivity contribution in [3.05, 3.63) is 16.1 Å². The van der Waals surface area contributed by atoms with Gasteiger partial charge >= 0.3 is 0 Å². The molecule has 1 rings (SSSR count). The lowest BCUT2D eigenvalue weighted by atomic mass is 9.87. The Balaban J connectivity index is 2.51. The molecule has 0 aliphatic heterocycles. The van der Waals surface area contributed by atoms with Crippen LogP contribution in [0.3, 0.4) is 0 Å². The first-order chi connectivity index (χ1) is 7.18. The Kier molecular flexibility index (Phi) is 4.13. The first-order valence-corrected chi connectivity index (χ1v) is 6.72. The first-order valence-electron chi connectivity index (χ1n) is 5.84. The molecular weight excluding hydrogens is 216 g/mol. The predicted molar refractivity (Wildman–Crippen MR) is 72.1 cm³/mol. The number of nitrogens with zero attached hydrogens (tertiary/aromatic N) is 1. The fraction of sp³-hybridized carbons (Fsp3) is 0.769. The van der Waals surface area contributed by atoms with E-state index < -0.39 is 0 Å². The molecule has 2 nitrogen and oxygen atoms in total. The van der Waals surface area contributed by atoms with Crippen molar-refractivity contribution in [1.29, 1.82) is 0 Å². The van der Waals surface area contributed by atoms with Gasteiger partial charge in [-0.25, -0.2) is 4.98 Å². The SMILES string of the molecule is Cc1nc(CC(C)(C)CNC(C)(C)C)cs1. The summed E-state index contributed by atoms with van der Waals surface area (Å²) in [6.07, 6.45) is 1.04. The highest BCUT2D eigenvalue weighted by atomic mass is 32.1. The summed E-state index contributed by atoms with van der Waals surface area (Å²) in [5.41, 5.74) is 1.67. The van der Waals surface area contributed by atoms with Crippen molar-refractivity contribution in [2.75, 3.05) is 6.54 Å². The van der Waals surface area contributed by atoms with Crippen LogP contribution in [-0.2, 0) is 6.42 Å². The minimum Gasteiger partial charge on any atom is -0.312 e. The lowest BCUT2D eigenvalue weighted by Gasteiger charge is -2.30. The van der Waals surface area contributed by atoms with Gasteiger partial charge in [0.15, 0.2) is 0 Å². The molecule has 0 amide bonds. The average molecular weight is 240 g/mol. The zero-order valence-corrected chi connectivity index (χ0v) is 12.2. The molecule has 0 aliphatic carbocycles. The number of thiazole rings is 1. The molecule has 1 aromatic rings. The van der Waals surface area contributed by atoms with Gasteiger partial charge in [0.1, 0.15) is 0 Å². The highest BCUT2D eigenvalue weighted by Gasteiger charge is 2.22. The van der Waals surface area contributed by atoms with E-state index in [0.29, 0.717) is 0 Å². The molecule has 0 spiro atoms. The van der Waals surface area contributed by atoms with Crippen molar-refractivity contribution < 1.29 is 0 Å². The maximum atomic E-state index is 4.53. The lowest BCUT2D eigenvalue weighted by molar-refractivity contribution is 0.287. The minimum atomic E-state index is 0.190. The molecule has 1 aromatic heterocycles. The number of aromatic nitrogens is 1. The number of rotatable bonds is 4. The van der Waals surface area contributed by atoms with Gasteiger partial charge in [0.05, 0.1) is 10.7 Å². The number of hydrogen-bond donors (Lipinski definition) is 1. The van der Waals surface area contributed by atoms with Crippen LogP contribution in [0.15, 0.2) is 5.38 Å². The van der Waals surface area contributed by atoms with Crippen molar-refractivity contribution >= 4 is 11.3 Å². The van der Waals surface area contributed by atoms with Gasteiger partial charge in [-0.15, -0.1) is 11.3 Å². The number of hydrogen-bond acceptors (Lipinski definition) is 3. The Morgan fingerprint density at radius 2 is 1.88 bits per heavy atom. The Morgan fingerprint density at radius 1 is 1.25 bits per heavy atom. The second-order valence-corrected chi connectivity index (χ2v) is 7.36. The van der Waals surface area contributed by atoms with Crippen molar-refractivity contribution in [2.45, 2.75) is 53.5 Å². The van der Waals surface area contributed by atoms with Crippen LogP contribution in [0.4, 0.5) is 0 Å². The molecule has 0 bridgehead atoms. The summed E-state index contributed by atoms with van der Waals surface area (Å²) in [4.78, 5) is 4.53. The highest BCUT2D eigenvalue weighted by molar-refractivity contribution is 7.09. The second kappa shape index (κ2) is 4.84. The predicted octanol–water partition coefficient (Wildman–Crippen LogP) is 3.41. The molecule has 0 aliphatic rings. The van der Waals surface area contributed by atoms with E-state index in [0.717, 1.165) is 18.0 Å². The van der Waals surface area contributed by atoms with E-state index in [4.69, 9.17) is 0 Å². The minimum absolute atomic E-state index is 0.190. The largest absolute Gasteiger partial charge is 0.312 e. The van der Waals surface area contributed by atoms with Gasteiger partial charge in [-0.1, -0.05) is 13.8 Å². The fourth-order valence-electron chi connectivity index (χ4n) is 1.55. The number of aryl methyl sites for hydroxylation is 1. The topological polar surface area (TPSA) is 24.9 Å². The van der Waals surface area contributed by atoms with E-state index in [2.05, 4.69) is 57.2 Å². The van der Waals surface area contributed by atoms with Gasteiger partial charge in [0, 0.05) is 17.5 Å². The second-order valence-electron chi connectivity index (χ2n) is 6.30. The van der Waals surface area contributed by atoms with E-state index in [1.165, 1.54) is 5.69 Å². The summed E-state index contributed by atoms with van der Waals surface area (Å²) >= 11 is 1.74. The Labute approximate surface area is 103 Å². The summed E-state index contributed by atoms with van der Waals surface area (Å²) in [5.74, 6) is 0. The highest BCUT2D eigenvalue weighted by Crippen LogP contribution is 2.22. The van der Waals surface area contributed by atoms with Crippen LogP contribution in [0.5, 0.6) is 0 Å². The van der Waals surface area contributed by atoms with Crippen LogP contribution in [0, 0.1) is 12.3 Å². The quantitative estimate of drug-likeness (QED) is 0.872. The molecule has 3 heteroatoms. The van der Waals surface area contributed by atoms with Crippen LogP contribution >= 0.6 is 11.3 Å². The van der Waals surface area contributed by atoms with E-state index in [9.17, 15) is 0 Å². The summed E-state index contributed by atoms with van der Waals surface area (Å²) in [7, 11) is 0. The monoisotopic (exact) mass is 240 g/mol.